The summed E-state index contributed by atoms with van der Waals surface area (Å²) in [6.45, 7) is 1.94. The van der Waals surface area contributed by atoms with Crippen molar-refractivity contribution >= 4 is 17.1 Å². The molecule has 24 heavy (non-hydrogen) atoms. The Morgan fingerprint density at radius 3 is 2.71 bits per heavy atom. The van der Waals surface area contributed by atoms with Crippen LogP contribution in [0.4, 0.5) is 4.39 Å². The first-order chi connectivity index (χ1) is 11.6. The van der Waals surface area contributed by atoms with Crippen LogP contribution in [-0.4, -0.2) is 14.6 Å². The summed E-state index contributed by atoms with van der Waals surface area (Å²) in [4.78, 5) is 4.58. The van der Waals surface area contributed by atoms with Crippen molar-refractivity contribution in [2.75, 3.05) is 0 Å². The molecule has 0 unspecified atom stereocenters. The zero-order valence-corrected chi connectivity index (χ0v) is 13.6. The van der Waals surface area contributed by atoms with Crippen molar-refractivity contribution < 1.29 is 4.39 Å². The van der Waals surface area contributed by atoms with Gasteiger partial charge in [-0.2, -0.15) is 5.10 Å². The monoisotopic (exact) mass is 337 g/mol. The van der Waals surface area contributed by atoms with E-state index in [9.17, 15) is 4.39 Å². The molecule has 3 aromatic heterocycles. The molecule has 0 atom stereocenters. The molecule has 4 aromatic rings. The summed E-state index contributed by atoms with van der Waals surface area (Å²) in [6, 6.07) is 16.3. The third-order valence-electron chi connectivity index (χ3n) is 3.88. The van der Waals surface area contributed by atoms with Crippen molar-refractivity contribution in [2.24, 2.45) is 0 Å². The molecular weight excluding hydrogens is 325 g/mol. The highest BCUT2D eigenvalue weighted by atomic mass is 35.5. The Labute approximate surface area is 143 Å². The topological polar surface area (TPSA) is 30.2 Å². The van der Waals surface area contributed by atoms with Crippen molar-refractivity contribution in [3.05, 3.63) is 77.3 Å². The van der Waals surface area contributed by atoms with Gasteiger partial charge in [0.2, 0.25) is 0 Å². The Morgan fingerprint density at radius 1 is 1.04 bits per heavy atom. The number of fused-ring (bicyclic) bond motifs is 1. The van der Waals surface area contributed by atoms with Crippen LogP contribution in [0.25, 0.3) is 28.0 Å². The van der Waals surface area contributed by atoms with Gasteiger partial charge in [-0.25, -0.2) is 8.91 Å². The van der Waals surface area contributed by atoms with Crippen LogP contribution in [0.15, 0.2) is 60.8 Å². The minimum absolute atomic E-state index is 0.0888. The van der Waals surface area contributed by atoms with Crippen molar-refractivity contribution in [1.82, 2.24) is 14.6 Å². The third-order valence-corrected chi connectivity index (χ3v) is 4.17. The number of aryl methyl sites for hydroxylation is 1. The molecule has 0 spiro atoms. The quantitative estimate of drug-likeness (QED) is 0.505. The van der Waals surface area contributed by atoms with E-state index in [1.807, 2.05) is 49.5 Å². The molecule has 0 saturated carbocycles. The van der Waals surface area contributed by atoms with Crippen LogP contribution in [0.5, 0.6) is 0 Å². The summed E-state index contributed by atoms with van der Waals surface area (Å²) in [7, 11) is 0. The van der Waals surface area contributed by atoms with Gasteiger partial charge in [0.1, 0.15) is 11.5 Å². The lowest BCUT2D eigenvalue weighted by atomic mass is 10.0. The maximum absolute atomic E-state index is 13.6. The molecule has 5 heteroatoms. The molecule has 0 saturated heterocycles. The molecule has 3 heterocycles. The molecule has 0 bridgehead atoms. The van der Waals surface area contributed by atoms with Crippen LogP contribution in [0.1, 0.15) is 5.69 Å². The smallest absolute Gasteiger partial charge is 0.141 e. The van der Waals surface area contributed by atoms with Crippen LogP contribution >= 0.6 is 11.6 Å². The second-order valence-electron chi connectivity index (χ2n) is 5.55. The summed E-state index contributed by atoms with van der Waals surface area (Å²) in [5, 5.41) is 4.76. The van der Waals surface area contributed by atoms with Gasteiger partial charge in [-0.3, -0.25) is 4.98 Å². The number of hydrogen-bond donors (Lipinski definition) is 0. The van der Waals surface area contributed by atoms with Crippen LogP contribution in [0.2, 0.25) is 5.02 Å². The molecule has 3 nitrogen and oxygen atoms in total. The van der Waals surface area contributed by atoms with E-state index < -0.39 is 5.82 Å². The van der Waals surface area contributed by atoms with Gasteiger partial charge in [0.25, 0.3) is 0 Å². The number of benzene rings is 1. The molecule has 118 valence electrons. The van der Waals surface area contributed by atoms with Gasteiger partial charge in [0, 0.05) is 17.5 Å². The zero-order chi connectivity index (χ0) is 16.7. The van der Waals surface area contributed by atoms with Gasteiger partial charge < -0.3 is 0 Å². The van der Waals surface area contributed by atoms with Crippen LogP contribution in [0, 0.1) is 12.7 Å². The Bertz CT molecular complexity index is 1060. The van der Waals surface area contributed by atoms with Gasteiger partial charge in [0.15, 0.2) is 0 Å². The van der Waals surface area contributed by atoms with Crippen molar-refractivity contribution in [3.8, 4) is 22.5 Å². The Hall–Kier alpha value is -2.72. The molecule has 0 radical (unpaired) electrons. The standard InChI is InChI=1S/C19H13ClFN3/c1-12-5-4-6-16(22-12)19-18(13-8-9-15(21)14(20)11-13)17-7-2-3-10-24(17)23-19/h2-11H,1H3. The highest BCUT2D eigenvalue weighted by molar-refractivity contribution is 6.31. The summed E-state index contributed by atoms with van der Waals surface area (Å²) in [6.07, 6.45) is 1.88. The fourth-order valence-corrected chi connectivity index (χ4v) is 2.97. The van der Waals surface area contributed by atoms with E-state index in [-0.39, 0.29) is 5.02 Å². The molecule has 0 aliphatic carbocycles. The number of hydrogen-bond acceptors (Lipinski definition) is 2. The molecular formula is C19H13ClFN3. The maximum Gasteiger partial charge on any atom is 0.141 e. The number of pyridine rings is 2. The van der Waals surface area contributed by atoms with Gasteiger partial charge in [-0.05, 0) is 48.9 Å². The fourth-order valence-electron chi connectivity index (χ4n) is 2.79. The van der Waals surface area contributed by atoms with Crippen molar-refractivity contribution in [2.45, 2.75) is 6.92 Å². The zero-order valence-electron chi connectivity index (χ0n) is 12.9. The van der Waals surface area contributed by atoms with Gasteiger partial charge in [-0.1, -0.05) is 29.8 Å². The lowest BCUT2D eigenvalue weighted by Gasteiger charge is -2.05. The summed E-state index contributed by atoms with van der Waals surface area (Å²) < 4.78 is 15.4. The Kier molecular flexibility index (Phi) is 3.54. The highest BCUT2D eigenvalue weighted by Gasteiger charge is 2.18. The van der Waals surface area contributed by atoms with E-state index in [0.29, 0.717) is 0 Å². The number of rotatable bonds is 2. The molecule has 4 rings (SSSR count). The van der Waals surface area contributed by atoms with Crippen molar-refractivity contribution in [3.63, 3.8) is 0 Å². The normalized spacial score (nSPS) is 11.1. The average molecular weight is 338 g/mol. The second-order valence-corrected chi connectivity index (χ2v) is 5.95. The maximum atomic E-state index is 13.6. The molecule has 0 fully saturated rings. The van der Waals surface area contributed by atoms with E-state index >= 15 is 0 Å². The number of nitrogens with zero attached hydrogens (tertiary/aromatic N) is 3. The first-order valence-electron chi connectivity index (χ1n) is 7.50. The van der Waals surface area contributed by atoms with E-state index in [1.165, 1.54) is 6.07 Å². The van der Waals surface area contributed by atoms with Crippen LogP contribution in [0.3, 0.4) is 0 Å². The van der Waals surface area contributed by atoms with Crippen LogP contribution < -0.4 is 0 Å². The largest absolute Gasteiger partial charge is 0.251 e. The van der Waals surface area contributed by atoms with Crippen molar-refractivity contribution in [1.29, 1.82) is 0 Å². The van der Waals surface area contributed by atoms with Crippen LogP contribution in [-0.2, 0) is 0 Å². The minimum atomic E-state index is -0.438. The molecule has 0 aliphatic rings. The second kappa shape index (κ2) is 5.73. The molecule has 1 aromatic carbocycles. The van der Waals surface area contributed by atoms with Gasteiger partial charge >= 0.3 is 0 Å². The fraction of sp³-hybridized carbons (Fsp3) is 0.0526. The predicted octanol–water partition coefficient (Wildman–Crippen LogP) is 5.16. The summed E-state index contributed by atoms with van der Waals surface area (Å²) in [5.74, 6) is -0.438. The average Bonchev–Trinajstić information content (AvgIpc) is 2.97. The van der Waals surface area contributed by atoms with E-state index in [2.05, 4.69) is 10.1 Å². The lowest BCUT2D eigenvalue weighted by molar-refractivity contribution is 0.628. The first-order valence-corrected chi connectivity index (χ1v) is 7.88. The third kappa shape index (κ3) is 2.45. The molecule has 0 N–H and O–H groups in total. The first kappa shape index (κ1) is 14.8. The minimum Gasteiger partial charge on any atom is -0.251 e. The summed E-state index contributed by atoms with van der Waals surface area (Å²) >= 11 is 5.99. The van der Waals surface area contributed by atoms with E-state index in [0.717, 1.165) is 33.7 Å². The summed E-state index contributed by atoms with van der Waals surface area (Å²) in [5.41, 5.74) is 5.03. The van der Waals surface area contributed by atoms with Gasteiger partial charge in [0.05, 0.1) is 16.2 Å². The van der Waals surface area contributed by atoms with Gasteiger partial charge in [-0.15, -0.1) is 0 Å². The number of aromatic nitrogens is 3. The highest BCUT2D eigenvalue weighted by Crippen LogP contribution is 2.35. The predicted molar refractivity (Wildman–Crippen MR) is 93.6 cm³/mol. The SMILES string of the molecule is Cc1cccc(-c2nn3ccccc3c2-c2ccc(F)c(Cl)c2)n1. The molecule has 0 amide bonds. The van der Waals surface area contributed by atoms with E-state index in [4.69, 9.17) is 11.6 Å². The van der Waals surface area contributed by atoms with E-state index in [1.54, 1.807) is 16.6 Å². The number of halogens is 2. The Balaban J connectivity index is 2.05. The lowest BCUT2D eigenvalue weighted by Crippen LogP contribution is -1.90. The Morgan fingerprint density at radius 2 is 1.92 bits per heavy atom. The molecule has 0 aliphatic heterocycles.